The van der Waals surface area contributed by atoms with E-state index in [1.54, 1.807) is 23.8 Å². The molecular weight excluding hydrogens is 531 g/mol. The second-order valence-electron chi connectivity index (χ2n) is 7.72. The first kappa shape index (κ1) is 25.2. The van der Waals surface area contributed by atoms with Gasteiger partial charge in [0.05, 0.1) is 31.3 Å². The predicted octanol–water partition coefficient (Wildman–Crippen LogP) is 3.34. The van der Waals surface area contributed by atoms with E-state index in [4.69, 9.17) is 24.0 Å². The van der Waals surface area contributed by atoms with Crippen molar-refractivity contribution < 1.29 is 33.1 Å². The molecule has 34 heavy (non-hydrogen) atoms. The number of phosphoric acid groups is 1. The number of anilines is 1. The van der Waals surface area contributed by atoms with Crippen molar-refractivity contribution >= 4 is 40.6 Å². The lowest BCUT2D eigenvalue weighted by Gasteiger charge is -2.32. The van der Waals surface area contributed by atoms with Crippen LogP contribution in [0.1, 0.15) is 31.2 Å². The van der Waals surface area contributed by atoms with Gasteiger partial charge in [-0.25, -0.2) is 14.5 Å². The highest BCUT2D eigenvalue weighted by Gasteiger charge is 2.38. The van der Waals surface area contributed by atoms with Crippen molar-refractivity contribution in [2.75, 3.05) is 25.6 Å². The van der Waals surface area contributed by atoms with Crippen LogP contribution in [0.25, 0.3) is 11.0 Å². The molecule has 4 N–H and O–H groups in total. The van der Waals surface area contributed by atoms with Crippen molar-refractivity contribution in [2.45, 2.75) is 37.9 Å². The highest BCUT2D eigenvalue weighted by atomic mass is 79.9. The molecule has 0 spiro atoms. The first-order valence-electron chi connectivity index (χ1n) is 10.6. The molecule has 0 radical (unpaired) electrons. The zero-order chi connectivity index (χ0) is 24.3. The van der Waals surface area contributed by atoms with Crippen molar-refractivity contribution in [3.05, 3.63) is 52.9 Å². The third kappa shape index (κ3) is 5.50. The van der Waals surface area contributed by atoms with Gasteiger partial charge in [-0.1, -0.05) is 34.1 Å². The van der Waals surface area contributed by atoms with Crippen LogP contribution < -0.4 is 5.73 Å². The molecule has 11 nitrogen and oxygen atoms in total. The van der Waals surface area contributed by atoms with Crippen molar-refractivity contribution in [1.82, 2.24) is 14.5 Å². The lowest BCUT2D eigenvalue weighted by atomic mass is 10.1. The smallest absolute Gasteiger partial charge is 0.394 e. The summed E-state index contributed by atoms with van der Waals surface area (Å²) >= 11 is 3.48. The Kier molecular flexibility index (Phi) is 8.01. The summed E-state index contributed by atoms with van der Waals surface area (Å²) in [5.74, 6) is 0.329. The lowest BCUT2D eigenvalue weighted by molar-refractivity contribution is -0.126. The van der Waals surface area contributed by atoms with Crippen LogP contribution in [0.3, 0.4) is 0 Å². The minimum absolute atomic E-state index is 0.171. The van der Waals surface area contributed by atoms with Gasteiger partial charge in [-0.2, -0.15) is 0 Å². The van der Waals surface area contributed by atoms with E-state index in [1.165, 1.54) is 6.33 Å². The number of hydrogen-bond acceptors (Lipinski definition) is 10. The SMILES string of the molecule is C[C@@H](O[C@H](COP1(=O)OCC[C@@H](c2ccccc2Br)O1)[C@@H](O)CO)n1ccc2c(N)ncnc21. The fraction of sp³-hybridized carbons (Fsp3) is 0.429. The summed E-state index contributed by atoms with van der Waals surface area (Å²) in [5, 5.41) is 20.5. The molecule has 1 fully saturated rings. The Bertz CT molecular complexity index is 1180. The number of aromatic nitrogens is 3. The van der Waals surface area contributed by atoms with E-state index in [0.29, 0.717) is 23.3 Å². The Morgan fingerprint density at radius 1 is 1.35 bits per heavy atom. The summed E-state index contributed by atoms with van der Waals surface area (Å²) in [5.41, 5.74) is 7.26. The van der Waals surface area contributed by atoms with Crippen LogP contribution >= 0.6 is 23.8 Å². The molecule has 3 aromatic rings. The van der Waals surface area contributed by atoms with Crippen LogP contribution in [0.15, 0.2) is 47.3 Å². The molecule has 0 aliphatic carbocycles. The number of rotatable bonds is 9. The van der Waals surface area contributed by atoms with Gasteiger partial charge in [-0.05, 0) is 24.6 Å². The fourth-order valence-electron chi connectivity index (χ4n) is 3.65. The lowest BCUT2D eigenvalue weighted by Crippen LogP contribution is -2.37. The zero-order valence-electron chi connectivity index (χ0n) is 18.4. The van der Waals surface area contributed by atoms with Crippen LogP contribution in [-0.4, -0.2) is 56.8 Å². The van der Waals surface area contributed by atoms with Crippen LogP contribution in [0.4, 0.5) is 5.82 Å². The molecule has 3 heterocycles. The molecule has 1 aromatic carbocycles. The Hall–Kier alpha value is -1.89. The Morgan fingerprint density at radius 2 is 2.15 bits per heavy atom. The molecule has 5 atom stereocenters. The first-order valence-corrected chi connectivity index (χ1v) is 12.9. The average molecular weight is 557 g/mol. The minimum atomic E-state index is -3.95. The first-order chi connectivity index (χ1) is 16.3. The van der Waals surface area contributed by atoms with Crippen molar-refractivity contribution in [2.24, 2.45) is 0 Å². The molecule has 0 bridgehead atoms. The van der Waals surface area contributed by atoms with E-state index >= 15 is 0 Å². The highest BCUT2D eigenvalue weighted by molar-refractivity contribution is 9.10. The highest BCUT2D eigenvalue weighted by Crippen LogP contribution is 2.57. The van der Waals surface area contributed by atoms with Crippen LogP contribution in [0.5, 0.6) is 0 Å². The van der Waals surface area contributed by atoms with Gasteiger partial charge in [0, 0.05) is 17.1 Å². The standard InChI is InChI=1S/C21H26BrN4O7P/c1-13(26-8-6-15-20(23)24-12-25-21(15)26)32-19(17(28)10-27)11-31-34(29)30-9-7-18(33-34)14-4-2-3-5-16(14)22/h2-6,8,12-13,17-19,27-28H,7,9-11H2,1H3,(H2,23,24,25)/t13-,17+,18+,19-,34?/m1/s1. The number of ether oxygens (including phenoxy) is 1. The Balaban J connectivity index is 1.45. The molecule has 0 amide bonds. The predicted molar refractivity (Wildman–Crippen MR) is 127 cm³/mol. The summed E-state index contributed by atoms with van der Waals surface area (Å²) < 4.78 is 38.2. The fourth-order valence-corrected chi connectivity index (χ4v) is 5.58. The molecule has 184 valence electrons. The normalized spacial score (nSPS) is 23.6. The number of nitrogens with zero attached hydrogens (tertiary/aromatic N) is 3. The number of nitrogens with two attached hydrogens (primary N) is 1. The molecule has 1 aliphatic rings. The summed E-state index contributed by atoms with van der Waals surface area (Å²) in [6.45, 7) is 0.966. The van der Waals surface area contributed by atoms with Crippen LogP contribution in [0, 0.1) is 0 Å². The van der Waals surface area contributed by atoms with Gasteiger partial charge in [0.2, 0.25) is 0 Å². The number of halogens is 1. The number of nitrogen functional groups attached to an aromatic ring is 1. The van der Waals surface area contributed by atoms with E-state index in [2.05, 4.69) is 25.9 Å². The van der Waals surface area contributed by atoms with Gasteiger partial charge in [-0.3, -0.25) is 13.6 Å². The summed E-state index contributed by atoms with van der Waals surface area (Å²) in [6, 6.07) is 9.22. The number of aliphatic hydroxyl groups is 2. The molecule has 2 aromatic heterocycles. The van der Waals surface area contributed by atoms with E-state index < -0.39 is 39.0 Å². The minimum Gasteiger partial charge on any atom is -0.394 e. The van der Waals surface area contributed by atoms with E-state index in [-0.39, 0.29) is 13.2 Å². The second kappa shape index (κ2) is 10.8. The van der Waals surface area contributed by atoms with Gasteiger partial charge in [0.15, 0.2) is 0 Å². The van der Waals surface area contributed by atoms with Gasteiger partial charge in [0.1, 0.15) is 36.2 Å². The number of fused-ring (bicyclic) bond motifs is 1. The number of phosphoric ester groups is 1. The van der Waals surface area contributed by atoms with Crippen molar-refractivity contribution in [3.8, 4) is 0 Å². The van der Waals surface area contributed by atoms with Gasteiger partial charge in [0.25, 0.3) is 0 Å². The maximum atomic E-state index is 13.2. The van der Waals surface area contributed by atoms with Crippen molar-refractivity contribution in [1.29, 1.82) is 0 Å². The summed E-state index contributed by atoms with van der Waals surface area (Å²) in [6.07, 6.45) is 0.0862. The maximum absolute atomic E-state index is 13.2. The second-order valence-corrected chi connectivity index (χ2v) is 10.2. The Morgan fingerprint density at radius 3 is 2.91 bits per heavy atom. The monoisotopic (exact) mass is 556 g/mol. The molecule has 1 unspecified atom stereocenters. The van der Waals surface area contributed by atoms with E-state index in [9.17, 15) is 14.8 Å². The summed E-state index contributed by atoms with van der Waals surface area (Å²) in [7, 11) is -3.95. The summed E-state index contributed by atoms with van der Waals surface area (Å²) in [4.78, 5) is 8.19. The molecular formula is C21H26BrN4O7P. The molecule has 1 aliphatic heterocycles. The number of aliphatic hydroxyl groups excluding tert-OH is 2. The topological polar surface area (TPSA) is 151 Å². The largest absolute Gasteiger partial charge is 0.475 e. The molecule has 13 heteroatoms. The van der Waals surface area contributed by atoms with Crippen LogP contribution in [0.2, 0.25) is 0 Å². The van der Waals surface area contributed by atoms with Crippen molar-refractivity contribution in [3.63, 3.8) is 0 Å². The maximum Gasteiger partial charge on any atom is 0.475 e. The van der Waals surface area contributed by atoms with E-state index in [1.807, 2.05) is 24.3 Å². The van der Waals surface area contributed by atoms with E-state index in [0.717, 1.165) is 10.0 Å². The third-order valence-corrected chi connectivity index (χ3v) is 7.65. The molecule has 4 rings (SSSR count). The van der Waals surface area contributed by atoms with Gasteiger partial charge in [-0.15, -0.1) is 0 Å². The van der Waals surface area contributed by atoms with Gasteiger partial charge >= 0.3 is 7.82 Å². The average Bonchev–Trinajstić information content (AvgIpc) is 3.27. The quantitative estimate of drug-likeness (QED) is 0.334. The molecule has 1 saturated heterocycles. The zero-order valence-corrected chi connectivity index (χ0v) is 20.8. The number of hydrogen-bond donors (Lipinski definition) is 3. The van der Waals surface area contributed by atoms with Crippen LogP contribution in [-0.2, 0) is 22.9 Å². The Labute approximate surface area is 204 Å². The molecule has 0 saturated carbocycles. The number of benzene rings is 1. The third-order valence-electron chi connectivity index (χ3n) is 5.45. The van der Waals surface area contributed by atoms with Gasteiger partial charge < -0.3 is 25.3 Å².